The molecule has 23 heavy (non-hydrogen) atoms. The number of halogens is 1. The second-order valence-corrected chi connectivity index (χ2v) is 9.20. The molecule has 0 aliphatic rings. The number of hydrogen-bond acceptors (Lipinski definition) is 4. The fourth-order valence-electron chi connectivity index (χ4n) is 2.02. The molecule has 0 bridgehead atoms. The summed E-state index contributed by atoms with van der Waals surface area (Å²) in [6.07, 6.45) is 1.05. The van der Waals surface area contributed by atoms with Gasteiger partial charge >= 0.3 is 0 Å². The van der Waals surface area contributed by atoms with Crippen LogP contribution < -0.4 is 0 Å². The monoisotopic (exact) mass is 357 g/mol. The number of hydrogen-bond donors (Lipinski definition) is 0. The van der Waals surface area contributed by atoms with Gasteiger partial charge in [-0.1, -0.05) is 12.1 Å². The zero-order chi connectivity index (χ0) is 17.3. The summed E-state index contributed by atoms with van der Waals surface area (Å²) in [5, 5.41) is 0. The molecule has 0 saturated carbocycles. The Labute approximate surface area is 135 Å². The van der Waals surface area contributed by atoms with Crippen molar-refractivity contribution in [2.24, 2.45) is 0 Å². The van der Waals surface area contributed by atoms with E-state index < -0.39 is 25.7 Å². The molecule has 0 radical (unpaired) electrons. The largest absolute Gasteiger partial charge is 0.243 e. The molecule has 8 heteroatoms. The lowest BCUT2D eigenvalue weighted by Gasteiger charge is -2.17. The van der Waals surface area contributed by atoms with Crippen LogP contribution in [0.15, 0.2) is 58.3 Å². The van der Waals surface area contributed by atoms with Crippen LogP contribution in [0.5, 0.6) is 0 Å². The quantitative estimate of drug-likeness (QED) is 0.821. The van der Waals surface area contributed by atoms with Gasteiger partial charge < -0.3 is 0 Å². The van der Waals surface area contributed by atoms with Gasteiger partial charge in [-0.2, -0.15) is 4.31 Å². The van der Waals surface area contributed by atoms with Gasteiger partial charge in [-0.25, -0.2) is 21.2 Å². The van der Waals surface area contributed by atoms with Gasteiger partial charge in [0.25, 0.3) is 0 Å². The molecule has 5 nitrogen and oxygen atoms in total. The first-order chi connectivity index (χ1) is 10.6. The number of sulfone groups is 1. The van der Waals surface area contributed by atoms with Gasteiger partial charge in [0.1, 0.15) is 5.82 Å². The Kier molecular flexibility index (Phi) is 4.88. The van der Waals surface area contributed by atoms with Crippen molar-refractivity contribution < 1.29 is 21.2 Å². The average molecular weight is 357 g/mol. The molecule has 0 aromatic heterocycles. The second-order valence-electron chi connectivity index (χ2n) is 5.13. The number of benzene rings is 2. The van der Waals surface area contributed by atoms with E-state index in [1.165, 1.54) is 49.5 Å². The summed E-state index contributed by atoms with van der Waals surface area (Å²) in [7, 11) is -5.81. The van der Waals surface area contributed by atoms with Gasteiger partial charge in [0.15, 0.2) is 9.84 Å². The van der Waals surface area contributed by atoms with Crippen molar-refractivity contribution >= 4 is 19.9 Å². The van der Waals surface area contributed by atoms with Gasteiger partial charge in [-0.3, -0.25) is 0 Å². The van der Waals surface area contributed by atoms with Crippen molar-refractivity contribution in [3.05, 3.63) is 59.9 Å². The van der Waals surface area contributed by atoms with Crippen LogP contribution in [0.1, 0.15) is 5.56 Å². The highest BCUT2D eigenvalue weighted by Crippen LogP contribution is 2.19. The Morgan fingerprint density at radius 2 is 1.52 bits per heavy atom. The molecule has 2 rings (SSSR count). The van der Waals surface area contributed by atoms with E-state index in [-0.39, 0.29) is 16.3 Å². The van der Waals surface area contributed by atoms with E-state index in [1.807, 2.05) is 0 Å². The van der Waals surface area contributed by atoms with Crippen LogP contribution in [0.3, 0.4) is 0 Å². The Hall–Kier alpha value is -1.77. The maximum atomic E-state index is 13.2. The lowest BCUT2D eigenvalue weighted by molar-refractivity contribution is 0.465. The standard InChI is InChI=1S/C15H16FNO4S2/c1-17(11-12-4-3-5-13(16)10-12)23(20,21)15-8-6-14(7-9-15)22(2,18)19/h3-10H,11H2,1-2H3. The highest BCUT2D eigenvalue weighted by Gasteiger charge is 2.21. The van der Waals surface area contributed by atoms with Crippen LogP contribution >= 0.6 is 0 Å². The van der Waals surface area contributed by atoms with E-state index in [0.717, 1.165) is 10.6 Å². The average Bonchev–Trinajstić information content (AvgIpc) is 2.46. The van der Waals surface area contributed by atoms with Gasteiger partial charge in [-0.15, -0.1) is 0 Å². The van der Waals surface area contributed by atoms with E-state index in [0.29, 0.717) is 5.56 Å². The van der Waals surface area contributed by atoms with E-state index in [4.69, 9.17) is 0 Å². The van der Waals surface area contributed by atoms with Crippen LogP contribution in [0, 0.1) is 5.82 Å². The summed E-state index contributed by atoms with van der Waals surface area (Å²) in [6.45, 7) is 0.00786. The maximum Gasteiger partial charge on any atom is 0.243 e. The van der Waals surface area contributed by atoms with Crippen molar-refractivity contribution in [1.82, 2.24) is 4.31 Å². The SMILES string of the molecule is CN(Cc1cccc(F)c1)S(=O)(=O)c1ccc(S(C)(=O)=O)cc1. The molecule has 0 aliphatic heterocycles. The van der Waals surface area contributed by atoms with Crippen LogP contribution in [-0.2, 0) is 26.4 Å². The summed E-state index contributed by atoms with van der Waals surface area (Å²) in [6, 6.07) is 10.7. The third-order valence-corrected chi connectivity index (χ3v) is 6.20. The zero-order valence-corrected chi connectivity index (χ0v) is 14.2. The molecule has 2 aromatic rings. The molecular weight excluding hydrogens is 341 g/mol. The summed E-state index contributed by atoms with van der Waals surface area (Å²) >= 11 is 0. The van der Waals surface area contributed by atoms with Crippen molar-refractivity contribution in [2.45, 2.75) is 16.3 Å². The first-order valence-electron chi connectivity index (χ1n) is 6.61. The number of rotatable bonds is 5. The lowest BCUT2D eigenvalue weighted by atomic mass is 10.2. The molecule has 0 N–H and O–H groups in total. The molecule has 0 amide bonds. The Balaban J connectivity index is 2.27. The maximum absolute atomic E-state index is 13.2. The molecule has 0 fully saturated rings. The molecule has 124 valence electrons. The Morgan fingerprint density at radius 3 is 2.04 bits per heavy atom. The smallest absolute Gasteiger partial charge is 0.224 e. The third kappa shape index (κ3) is 4.15. The summed E-state index contributed by atoms with van der Waals surface area (Å²) < 4.78 is 62.0. The van der Waals surface area contributed by atoms with Crippen molar-refractivity contribution in [3.8, 4) is 0 Å². The van der Waals surface area contributed by atoms with Crippen molar-refractivity contribution in [1.29, 1.82) is 0 Å². The van der Waals surface area contributed by atoms with Crippen LogP contribution in [0.4, 0.5) is 4.39 Å². The Morgan fingerprint density at radius 1 is 0.957 bits per heavy atom. The van der Waals surface area contributed by atoms with Gasteiger partial charge in [0.2, 0.25) is 10.0 Å². The van der Waals surface area contributed by atoms with Gasteiger partial charge in [-0.05, 0) is 42.0 Å². The highest BCUT2D eigenvalue weighted by molar-refractivity contribution is 7.90. The topological polar surface area (TPSA) is 71.5 Å². The van der Waals surface area contributed by atoms with E-state index in [9.17, 15) is 21.2 Å². The third-order valence-electron chi connectivity index (χ3n) is 3.25. The zero-order valence-electron chi connectivity index (χ0n) is 12.6. The second kappa shape index (κ2) is 6.38. The minimum atomic E-state index is -3.80. The van der Waals surface area contributed by atoms with Crippen molar-refractivity contribution in [2.75, 3.05) is 13.3 Å². The first kappa shape index (κ1) is 17.6. The van der Waals surface area contributed by atoms with E-state index in [2.05, 4.69) is 0 Å². The van der Waals surface area contributed by atoms with Crippen molar-refractivity contribution in [3.63, 3.8) is 0 Å². The molecule has 0 aliphatic carbocycles. The summed E-state index contributed by atoms with van der Waals surface area (Å²) in [5.41, 5.74) is 0.517. The molecule has 0 atom stereocenters. The van der Waals surface area contributed by atoms with Gasteiger partial charge in [0, 0.05) is 19.8 Å². The van der Waals surface area contributed by atoms with Gasteiger partial charge in [0.05, 0.1) is 9.79 Å². The number of sulfonamides is 1. The minimum Gasteiger partial charge on any atom is -0.224 e. The fourth-order valence-corrected chi connectivity index (χ4v) is 3.81. The predicted molar refractivity (Wildman–Crippen MR) is 84.6 cm³/mol. The normalized spacial score (nSPS) is 12.5. The fraction of sp³-hybridized carbons (Fsp3) is 0.200. The van der Waals surface area contributed by atoms with E-state index in [1.54, 1.807) is 6.07 Å². The molecule has 0 saturated heterocycles. The van der Waals surface area contributed by atoms with Crippen LogP contribution in [-0.4, -0.2) is 34.4 Å². The minimum absolute atomic E-state index is 0.00786. The van der Waals surface area contributed by atoms with E-state index >= 15 is 0 Å². The molecule has 0 unspecified atom stereocenters. The van der Waals surface area contributed by atoms with Crippen LogP contribution in [0.25, 0.3) is 0 Å². The molecule has 0 spiro atoms. The Bertz CT molecular complexity index is 907. The lowest BCUT2D eigenvalue weighted by Crippen LogP contribution is -2.26. The first-order valence-corrected chi connectivity index (χ1v) is 9.95. The highest BCUT2D eigenvalue weighted by atomic mass is 32.2. The summed E-state index contributed by atoms with van der Waals surface area (Å²) in [5.74, 6) is -0.439. The summed E-state index contributed by atoms with van der Waals surface area (Å²) in [4.78, 5) is 0.0213. The predicted octanol–water partition coefficient (Wildman–Crippen LogP) is 2.05. The molecular formula is C15H16FNO4S2. The molecule has 2 aromatic carbocycles. The number of nitrogens with zero attached hydrogens (tertiary/aromatic N) is 1. The van der Waals surface area contributed by atoms with Crippen LogP contribution in [0.2, 0.25) is 0 Å². The molecule has 0 heterocycles.